The number of hydrogen-bond donors (Lipinski definition) is 2. The largest absolute Gasteiger partial charge is 0.348 e. The zero-order chi connectivity index (χ0) is 18.1. The van der Waals surface area contributed by atoms with Crippen LogP contribution in [0.25, 0.3) is 11.0 Å². The Morgan fingerprint density at radius 3 is 2.69 bits per heavy atom. The van der Waals surface area contributed by atoms with Crippen LogP contribution in [0.3, 0.4) is 0 Å². The van der Waals surface area contributed by atoms with Gasteiger partial charge in [0.05, 0.1) is 23.6 Å². The molecule has 2 heterocycles. The van der Waals surface area contributed by atoms with Gasteiger partial charge in [0.25, 0.3) is 0 Å². The van der Waals surface area contributed by atoms with Crippen molar-refractivity contribution in [2.75, 3.05) is 19.6 Å². The maximum Gasteiger partial charge on any atom is 0.234 e. The van der Waals surface area contributed by atoms with E-state index in [1.807, 2.05) is 31.2 Å². The second-order valence-corrected chi connectivity index (χ2v) is 7.23. The van der Waals surface area contributed by atoms with Crippen LogP contribution in [-0.4, -0.2) is 40.4 Å². The summed E-state index contributed by atoms with van der Waals surface area (Å²) in [4.78, 5) is 22.5. The van der Waals surface area contributed by atoms with Crippen molar-refractivity contribution in [2.24, 2.45) is 0 Å². The fourth-order valence-corrected chi connectivity index (χ4v) is 3.47. The van der Waals surface area contributed by atoms with Crippen molar-refractivity contribution in [3.8, 4) is 0 Å². The third kappa shape index (κ3) is 3.48. The van der Waals surface area contributed by atoms with Crippen LogP contribution in [0.15, 0.2) is 48.5 Å². The molecule has 3 aromatic rings. The van der Waals surface area contributed by atoms with Gasteiger partial charge in [0.1, 0.15) is 5.82 Å². The van der Waals surface area contributed by atoms with E-state index in [4.69, 9.17) is 0 Å². The molecule has 2 N–H and O–H groups in total. The lowest BCUT2D eigenvalue weighted by atomic mass is 9.99. The molecule has 0 spiro atoms. The van der Waals surface area contributed by atoms with Gasteiger partial charge in [0, 0.05) is 19.0 Å². The molecule has 26 heavy (non-hydrogen) atoms. The van der Waals surface area contributed by atoms with Gasteiger partial charge < -0.3 is 10.3 Å². The number of nitrogens with zero attached hydrogens (tertiary/aromatic N) is 2. The van der Waals surface area contributed by atoms with Gasteiger partial charge in [-0.15, -0.1) is 0 Å². The van der Waals surface area contributed by atoms with Crippen LogP contribution in [-0.2, 0) is 4.79 Å². The number of para-hydroxylation sites is 2. The molecule has 0 aliphatic carbocycles. The Hall–Kier alpha value is -2.66. The smallest absolute Gasteiger partial charge is 0.234 e. The fourth-order valence-electron chi connectivity index (χ4n) is 3.47. The molecule has 1 saturated heterocycles. The second kappa shape index (κ2) is 6.92. The first-order valence-electron chi connectivity index (χ1n) is 9.11. The highest BCUT2D eigenvalue weighted by Crippen LogP contribution is 2.26. The molecule has 134 valence electrons. The summed E-state index contributed by atoms with van der Waals surface area (Å²) in [5.74, 6) is 1.47. The molecule has 0 radical (unpaired) electrons. The summed E-state index contributed by atoms with van der Waals surface area (Å²) in [6.07, 6.45) is 0. The predicted molar refractivity (Wildman–Crippen MR) is 103 cm³/mol. The highest BCUT2D eigenvalue weighted by atomic mass is 16.2. The molecule has 0 bridgehead atoms. The van der Waals surface area contributed by atoms with Crippen molar-refractivity contribution in [1.82, 2.24) is 20.2 Å². The summed E-state index contributed by atoms with van der Waals surface area (Å²) in [5.41, 5.74) is 4.44. The van der Waals surface area contributed by atoms with Gasteiger partial charge in [-0.1, -0.05) is 42.0 Å². The van der Waals surface area contributed by atoms with E-state index >= 15 is 0 Å². The quantitative estimate of drug-likeness (QED) is 0.745. The Morgan fingerprint density at radius 2 is 1.96 bits per heavy atom. The monoisotopic (exact) mass is 348 g/mol. The number of hydrogen-bond acceptors (Lipinski definition) is 3. The number of carbonyl (C=O) groups excluding carboxylic acids is 1. The number of likely N-dealkylation sites (tertiary alicyclic amines) is 1. The molecule has 1 atom stereocenters. The van der Waals surface area contributed by atoms with Crippen LogP contribution in [0.5, 0.6) is 0 Å². The highest BCUT2D eigenvalue weighted by molar-refractivity contribution is 5.78. The molecule has 5 heteroatoms. The molecule has 1 aliphatic heterocycles. The Bertz CT molecular complexity index is 876. The number of aromatic amines is 1. The minimum absolute atomic E-state index is 0.0237. The molecule has 5 nitrogen and oxygen atoms in total. The topological polar surface area (TPSA) is 61.0 Å². The van der Waals surface area contributed by atoms with Crippen molar-refractivity contribution in [3.05, 3.63) is 65.5 Å². The maximum atomic E-state index is 12.3. The summed E-state index contributed by atoms with van der Waals surface area (Å²) >= 11 is 0. The van der Waals surface area contributed by atoms with Crippen LogP contribution in [0, 0.1) is 6.92 Å². The lowest BCUT2D eigenvalue weighted by Gasteiger charge is -2.37. The van der Waals surface area contributed by atoms with E-state index in [-0.39, 0.29) is 11.9 Å². The average Bonchev–Trinajstić information content (AvgIpc) is 3.01. The Kier molecular flexibility index (Phi) is 4.47. The fraction of sp³-hybridized carbons (Fsp3) is 0.333. The summed E-state index contributed by atoms with van der Waals surface area (Å²) < 4.78 is 0. The Labute approximate surface area is 153 Å². The standard InChI is InChI=1S/C21H24N4O/c1-14-7-9-16(10-8-14)15(2)22-20(26)13-25-11-17(12-25)21-23-18-5-3-4-6-19(18)24-21/h3-10,15,17H,11-13H2,1-2H3,(H,22,26)(H,23,24)/t15-/m0/s1. The van der Waals surface area contributed by atoms with E-state index in [0.717, 1.165) is 35.5 Å². The van der Waals surface area contributed by atoms with Crippen LogP contribution in [0.2, 0.25) is 0 Å². The third-order valence-electron chi connectivity index (χ3n) is 5.07. The Balaban J connectivity index is 1.28. The zero-order valence-electron chi connectivity index (χ0n) is 15.2. The first-order chi connectivity index (χ1) is 12.6. The number of fused-ring (bicyclic) bond motifs is 1. The molecular weight excluding hydrogens is 324 g/mol. The van der Waals surface area contributed by atoms with Gasteiger partial charge in [0.15, 0.2) is 0 Å². The minimum atomic E-state index is 0.0237. The lowest BCUT2D eigenvalue weighted by Crippen LogP contribution is -2.50. The first kappa shape index (κ1) is 16.8. The van der Waals surface area contributed by atoms with Gasteiger partial charge in [-0.3, -0.25) is 9.69 Å². The molecular formula is C21H24N4O. The van der Waals surface area contributed by atoms with Crippen molar-refractivity contribution in [1.29, 1.82) is 0 Å². The van der Waals surface area contributed by atoms with Crippen molar-refractivity contribution >= 4 is 16.9 Å². The summed E-state index contributed by atoms with van der Waals surface area (Å²) in [5, 5.41) is 3.09. The Morgan fingerprint density at radius 1 is 1.23 bits per heavy atom. The number of benzene rings is 2. The van der Waals surface area contributed by atoms with Gasteiger partial charge >= 0.3 is 0 Å². The zero-order valence-corrected chi connectivity index (χ0v) is 15.2. The SMILES string of the molecule is Cc1ccc([C@H](C)NC(=O)CN2CC(c3nc4ccccc4[nH]3)C2)cc1. The summed E-state index contributed by atoms with van der Waals surface area (Å²) in [7, 11) is 0. The number of nitrogens with one attached hydrogen (secondary N) is 2. The lowest BCUT2D eigenvalue weighted by molar-refractivity contribution is -0.124. The molecule has 1 fully saturated rings. The van der Waals surface area contributed by atoms with Crippen molar-refractivity contribution in [3.63, 3.8) is 0 Å². The van der Waals surface area contributed by atoms with E-state index in [0.29, 0.717) is 12.5 Å². The second-order valence-electron chi connectivity index (χ2n) is 7.23. The van der Waals surface area contributed by atoms with Crippen molar-refractivity contribution < 1.29 is 4.79 Å². The number of imidazole rings is 1. The third-order valence-corrected chi connectivity index (χ3v) is 5.07. The maximum absolute atomic E-state index is 12.3. The van der Waals surface area contributed by atoms with Gasteiger partial charge in [0.2, 0.25) is 5.91 Å². The minimum Gasteiger partial charge on any atom is -0.348 e. The number of carbonyl (C=O) groups is 1. The van der Waals surface area contributed by atoms with E-state index in [2.05, 4.69) is 51.4 Å². The highest BCUT2D eigenvalue weighted by Gasteiger charge is 2.31. The van der Waals surface area contributed by atoms with Crippen LogP contribution in [0.1, 0.15) is 35.8 Å². The van der Waals surface area contributed by atoms with E-state index in [1.54, 1.807) is 0 Å². The molecule has 4 rings (SSSR count). The van der Waals surface area contributed by atoms with Crippen LogP contribution < -0.4 is 5.32 Å². The predicted octanol–water partition coefficient (Wildman–Crippen LogP) is 3.15. The molecule has 2 aromatic carbocycles. The van der Waals surface area contributed by atoms with Gasteiger partial charge in [-0.2, -0.15) is 0 Å². The summed E-state index contributed by atoms with van der Waals surface area (Å²) in [6.45, 7) is 6.26. The number of H-pyrrole nitrogens is 1. The number of amides is 1. The van der Waals surface area contributed by atoms with Crippen molar-refractivity contribution in [2.45, 2.75) is 25.8 Å². The molecule has 1 aromatic heterocycles. The van der Waals surface area contributed by atoms with Gasteiger partial charge in [-0.05, 0) is 31.5 Å². The molecule has 1 amide bonds. The van der Waals surface area contributed by atoms with Crippen LogP contribution in [0.4, 0.5) is 0 Å². The van der Waals surface area contributed by atoms with E-state index < -0.39 is 0 Å². The number of aromatic nitrogens is 2. The van der Waals surface area contributed by atoms with Gasteiger partial charge in [-0.25, -0.2) is 4.98 Å². The number of aryl methyl sites for hydroxylation is 1. The van der Waals surface area contributed by atoms with Crippen LogP contribution >= 0.6 is 0 Å². The molecule has 0 saturated carbocycles. The van der Waals surface area contributed by atoms with E-state index in [9.17, 15) is 4.79 Å². The average molecular weight is 348 g/mol. The molecule has 1 aliphatic rings. The molecule has 0 unspecified atom stereocenters. The first-order valence-corrected chi connectivity index (χ1v) is 9.11. The normalized spacial score (nSPS) is 16.4. The summed E-state index contributed by atoms with van der Waals surface area (Å²) in [6, 6.07) is 16.4. The van der Waals surface area contributed by atoms with E-state index in [1.165, 1.54) is 5.56 Å². The number of rotatable bonds is 5.